The lowest BCUT2D eigenvalue weighted by atomic mass is 10.1. The number of hydrogen-bond acceptors (Lipinski definition) is 4. The van der Waals surface area contributed by atoms with Crippen LogP contribution >= 0.6 is 15.9 Å². The summed E-state index contributed by atoms with van der Waals surface area (Å²) >= 11 is 3.42. The summed E-state index contributed by atoms with van der Waals surface area (Å²) in [4.78, 5) is 28.5. The Labute approximate surface area is 240 Å². The zero-order chi connectivity index (χ0) is 28.7. The molecule has 3 aromatic carbocycles. The fourth-order valence-corrected chi connectivity index (χ4v) is 5.76. The van der Waals surface area contributed by atoms with Gasteiger partial charge in [0.2, 0.25) is 11.8 Å². The number of rotatable bonds is 11. The number of aryl methyl sites for hydroxylation is 2. The molecule has 208 valence electrons. The largest absolute Gasteiger partial charge is 0.354 e. The molecular weight excluding hydrogens is 578 g/mol. The molecule has 1 N–H and O–H groups in total. The highest BCUT2D eigenvalue weighted by Gasteiger charge is 2.33. The third-order valence-corrected chi connectivity index (χ3v) is 8.69. The van der Waals surface area contributed by atoms with Crippen molar-refractivity contribution in [3.63, 3.8) is 0 Å². The van der Waals surface area contributed by atoms with Crippen molar-refractivity contribution in [2.45, 2.75) is 52.1 Å². The molecule has 1 atom stereocenters. The second kappa shape index (κ2) is 13.3. The third-order valence-electron chi connectivity index (χ3n) is 6.39. The number of para-hydroxylation sites is 1. The molecule has 0 aromatic heterocycles. The van der Waals surface area contributed by atoms with Crippen molar-refractivity contribution in [1.29, 1.82) is 0 Å². The predicted octanol–water partition coefficient (Wildman–Crippen LogP) is 5.45. The molecule has 3 aromatic rings. The number of halogens is 1. The zero-order valence-corrected chi connectivity index (χ0v) is 25.4. The third kappa shape index (κ3) is 7.92. The average Bonchev–Trinajstić information content (AvgIpc) is 2.90. The van der Waals surface area contributed by atoms with Crippen LogP contribution < -0.4 is 9.62 Å². The fraction of sp³-hybridized carbons (Fsp3) is 0.333. The van der Waals surface area contributed by atoms with E-state index in [2.05, 4.69) is 21.2 Å². The topological polar surface area (TPSA) is 86.8 Å². The van der Waals surface area contributed by atoms with E-state index in [1.165, 1.54) is 4.90 Å². The van der Waals surface area contributed by atoms with E-state index in [0.29, 0.717) is 17.8 Å². The summed E-state index contributed by atoms with van der Waals surface area (Å²) in [6.07, 6.45) is 0. The van der Waals surface area contributed by atoms with Gasteiger partial charge in [-0.25, -0.2) is 8.42 Å². The summed E-state index contributed by atoms with van der Waals surface area (Å²) in [6.45, 7) is 9.49. The van der Waals surface area contributed by atoms with Crippen LogP contribution in [0.5, 0.6) is 0 Å². The van der Waals surface area contributed by atoms with Crippen LogP contribution in [0.3, 0.4) is 0 Å². The molecule has 0 aliphatic carbocycles. The SMILES string of the molecule is Cc1ccc(S(=O)(=O)N(CC(=O)N(Cc2ccc(Br)cc2)[C@@H](C)C(=O)NCC(C)C)c2ccccc2C)cc1. The van der Waals surface area contributed by atoms with Gasteiger partial charge in [-0.15, -0.1) is 0 Å². The molecule has 2 amide bonds. The number of benzene rings is 3. The summed E-state index contributed by atoms with van der Waals surface area (Å²) in [5.74, 6) is -0.532. The van der Waals surface area contributed by atoms with Gasteiger partial charge in [0.1, 0.15) is 12.6 Å². The Bertz CT molecular complexity index is 1390. The van der Waals surface area contributed by atoms with E-state index in [4.69, 9.17) is 0 Å². The second-order valence-electron chi connectivity index (χ2n) is 10.1. The summed E-state index contributed by atoms with van der Waals surface area (Å²) in [5, 5.41) is 2.90. The minimum atomic E-state index is -4.09. The predicted molar refractivity (Wildman–Crippen MR) is 159 cm³/mol. The maximum Gasteiger partial charge on any atom is 0.264 e. The first kappa shape index (κ1) is 30.4. The molecule has 0 unspecified atom stereocenters. The highest BCUT2D eigenvalue weighted by Crippen LogP contribution is 2.27. The van der Waals surface area contributed by atoms with Gasteiger partial charge in [0.05, 0.1) is 10.6 Å². The van der Waals surface area contributed by atoms with Crippen molar-refractivity contribution >= 4 is 43.5 Å². The lowest BCUT2D eigenvalue weighted by molar-refractivity contribution is -0.139. The molecule has 7 nitrogen and oxygen atoms in total. The van der Waals surface area contributed by atoms with Gasteiger partial charge in [0.25, 0.3) is 10.0 Å². The minimum Gasteiger partial charge on any atom is -0.354 e. The van der Waals surface area contributed by atoms with Crippen LogP contribution in [0.25, 0.3) is 0 Å². The Morgan fingerprint density at radius 2 is 1.51 bits per heavy atom. The molecule has 9 heteroatoms. The maximum absolute atomic E-state index is 14.0. The summed E-state index contributed by atoms with van der Waals surface area (Å²) in [7, 11) is -4.09. The minimum absolute atomic E-state index is 0.0892. The molecule has 0 fully saturated rings. The molecule has 0 saturated carbocycles. The van der Waals surface area contributed by atoms with E-state index < -0.39 is 28.5 Å². The van der Waals surface area contributed by atoms with Crippen LogP contribution in [0, 0.1) is 19.8 Å². The smallest absolute Gasteiger partial charge is 0.264 e. The number of nitrogens with one attached hydrogen (secondary N) is 1. The van der Waals surface area contributed by atoms with Crippen LogP contribution in [0.4, 0.5) is 5.69 Å². The number of hydrogen-bond donors (Lipinski definition) is 1. The molecule has 0 aliphatic rings. The summed E-state index contributed by atoms with van der Waals surface area (Å²) in [5.41, 5.74) is 2.86. The number of amides is 2. The van der Waals surface area contributed by atoms with Gasteiger partial charge >= 0.3 is 0 Å². The summed E-state index contributed by atoms with van der Waals surface area (Å²) < 4.78 is 29.8. The van der Waals surface area contributed by atoms with Gasteiger partial charge in [0, 0.05) is 17.6 Å². The van der Waals surface area contributed by atoms with Crippen molar-refractivity contribution in [3.8, 4) is 0 Å². The molecule has 3 rings (SSSR count). The van der Waals surface area contributed by atoms with Gasteiger partial charge in [-0.1, -0.05) is 77.8 Å². The van der Waals surface area contributed by atoms with Gasteiger partial charge in [-0.05, 0) is 68.1 Å². The van der Waals surface area contributed by atoms with E-state index in [-0.39, 0.29) is 23.3 Å². The van der Waals surface area contributed by atoms with E-state index in [0.717, 1.165) is 19.9 Å². The van der Waals surface area contributed by atoms with E-state index in [1.807, 2.05) is 51.1 Å². The van der Waals surface area contributed by atoms with E-state index in [1.54, 1.807) is 56.3 Å². The zero-order valence-electron chi connectivity index (χ0n) is 23.0. The maximum atomic E-state index is 14.0. The number of nitrogens with zero attached hydrogens (tertiary/aromatic N) is 2. The first-order valence-electron chi connectivity index (χ1n) is 12.9. The van der Waals surface area contributed by atoms with Crippen LogP contribution in [0.1, 0.15) is 37.5 Å². The highest BCUT2D eigenvalue weighted by atomic mass is 79.9. The first-order valence-corrected chi connectivity index (χ1v) is 15.1. The van der Waals surface area contributed by atoms with Crippen molar-refractivity contribution < 1.29 is 18.0 Å². The Balaban J connectivity index is 2.02. The first-order chi connectivity index (χ1) is 18.4. The normalized spacial score (nSPS) is 12.2. The van der Waals surface area contributed by atoms with Crippen molar-refractivity contribution in [2.75, 3.05) is 17.4 Å². The Kier molecular flexibility index (Phi) is 10.3. The fourth-order valence-electron chi connectivity index (χ4n) is 4.02. The summed E-state index contributed by atoms with van der Waals surface area (Å²) in [6, 6.07) is 20.2. The van der Waals surface area contributed by atoms with Crippen LogP contribution in [-0.2, 0) is 26.2 Å². The Morgan fingerprint density at radius 1 is 0.897 bits per heavy atom. The van der Waals surface area contributed by atoms with Crippen molar-refractivity contribution in [2.24, 2.45) is 5.92 Å². The van der Waals surface area contributed by atoms with Gasteiger partial charge in [0.15, 0.2) is 0 Å². The van der Waals surface area contributed by atoms with Gasteiger partial charge in [-0.3, -0.25) is 13.9 Å². The quantitative estimate of drug-likeness (QED) is 0.311. The Hall–Kier alpha value is -3.17. The second-order valence-corrected chi connectivity index (χ2v) is 12.9. The molecule has 0 spiro atoms. The molecule has 0 bridgehead atoms. The van der Waals surface area contributed by atoms with Crippen molar-refractivity contribution in [3.05, 3.63) is 94.0 Å². The van der Waals surface area contributed by atoms with Gasteiger partial charge < -0.3 is 10.2 Å². The number of carbonyl (C=O) groups is 2. The monoisotopic (exact) mass is 613 g/mol. The van der Waals surface area contributed by atoms with Crippen LogP contribution in [0.15, 0.2) is 82.2 Å². The van der Waals surface area contributed by atoms with Gasteiger partial charge in [-0.2, -0.15) is 0 Å². The van der Waals surface area contributed by atoms with Crippen LogP contribution in [-0.4, -0.2) is 44.3 Å². The van der Waals surface area contributed by atoms with Crippen molar-refractivity contribution in [1.82, 2.24) is 10.2 Å². The lowest BCUT2D eigenvalue weighted by Crippen LogP contribution is -2.51. The standard InChI is InChI=1S/C30H36BrN3O4S/c1-21(2)18-32-30(36)24(5)33(19-25-12-14-26(31)15-13-25)29(35)20-34(28-9-7-6-8-23(28)4)39(37,38)27-16-10-22(3)11-17-27/h6-17,21,24H,18-20H2,1-5H3,(H,32,36)/t24-/m0/s1. The molecule has 0 aliphatic heterocycles. The molecule has 0 saturated heterocycles. The number of anilines is 1. The molecule has 0 radical (unpaired) electrons. The average molecular weight is 615 g/mol. The number of carbonyl (C=O) groups excluding carboxylic acids is 2. The molecule has 39 heavy (non-hydrogen) atoms. The van der Waals surface area contributed by atoms with Crippen LogP contribution in [0.2, 0.25) is 0 Å². The Morgan fingerprint density at radius 3 is 2.10 bits per heavy atom. The molecular formula is C30H36BrN3O4S. The van der Waals surface area contributed by atoms with E-state index in [9.17, 15) is 18.0 Å². The van der Waals surface area contributed by atoms with E-state index >= 15 is 0 Å². The molecule has 0 heterocycles. The highest BCUT2D eigenvalue weighted by molar-refractivity contribution is 9.10. The lowest BCUT2D eigenvalue weighted by Gasteiger charge is -2.32. The number of sulfonamides is 1.